The van der Waals surface area contributed by atoms with Crippen LogP contribution in [0, 0.1) is 46.3 Å². The van der Waals surface area contributed by atoms with Gasteiger partial charge in [-0.15, -0.1) is 0 Å². The number of fused-ring (bicyclic) bond motifs is 5. The number of hydrogen-bond donors (Lipinski definition) is 1. The molecule has 4 fully saturated rings. The van der Waals surface area contributed by atoms with Crippen molar-refractivity contribution < 1.29 is 33.4 Å². The molecule has 247 valence electrons. The van der Waals surface area contributed by atoms with Crippen molar-refractivity contribution in [2.75, 3.05) is 6.61 Å². The molecule has 5 rings (SSSR count). The molecule has 0 bridgehead atoms. The summed E-state index contributed by atoms with van der Waals surface area (Å²) < 4.78 is 5.71. The van der Waals surface area contributed by atoms with Crippen LogP contribution in [0.3, 0.4) is 0 Å². The zero-order valence-corrected chi connectivity index (χ0v) is 30.1. The Morgan fingerprint density at radius 2 is 1.67 bits per heavy atom. The van der Waals surface area contributed by atoms with Gasteiger partial charge in [-0.1, -0.05) is 91.2 Å². The van der Waals surface area contributed by atoms with E-state index in [1.54, 1.807) is 24.3 Å². The van der Waals surface area contributed by atoms with Crippen LogP contribution in [0.2, 0.25) is 0 Å². The molecular weight excluding hydrogens is 727 g/mol. The van der Waals surface area contributed by atoms with Gasteiger partial charge in [-0.3, -0.25) is 0 Å². The number of carboxylic acid groups (broad SMARTS) is 1. The second-order valence-electron chi connectivity index (χ2n) is 15.4. The summed E-state index contributed by atoms with van der Waals surface area (Å²) in [5, 5.41) is 8.99. The number of rotatable bonds is 8. The summed E-state index contributed by atoms with van der Waals surface area (Å²) in [4.78, 5) is 10.9. The second-order valence-corrected chi connectivity index (χ2v) is 15.4. The van der Waals surface area contributed by atoms with E-state index in [1.165, 1.54) is 70.6 Å². The maximum absolute atomic E-state index is 10.9. The number of allylic oxidation sites excluding steroid dienone is 1. The maximum atomic E-state index is 10.9. The van der Waals surface area contributed by atoms with Crippen LogP contribution in [0.1, 0.15) is 131 Å². The Balaban J connectivity index is 0.000000414. The molecule has 0 aromatic heterocycles. The van der Waals surface area contributed by atoms with Gasteiger partial charge >= 0.3 is 34.2 Å². The van der Waals surface area contributed by atoms with Crippen molar-refractivity contribution in [3.05, 3.63) is 23.1 Å². The van der Waals surface area contributed by atoms with E-state index in [1.807, 2.05) is 0 Å². The van der Waals surface area contributed by atoms with Gasteiger partial charge in [0.05, 0.1) is 6.10 Å². The Hall–Kier alpha value is 0.0683. The molecule has 5 nitrogen and oxygen atoms in total. The van der Waals surface area contributed by atoms with Gasteiger partial charge in [0.15, 0.2) is 0 Å². The van der Waals surface area contributed by atoms with Crippen molar-refractivity contribution in [2.45, 2.75) is 149 Å². The normalized spacial score (nSPS) is 39.8. The smallest absolute Gasteiger partial charge is 0.0548 e. The number of hydrogen-bond acceptors (Lipinski definition) is 2. The van der Waals surface area contributed by atoms with Crippen LogP contribution in [-0.4, -0.2) is 35.9 Å². The van der Waals surface area contributed by atoms with Gasteiger partial charge in [0.25, 0.3) is 0 Å². The Morgan fingerprint density at radius 1 is 1.00 bits per heavy atom. The van der Waals surface area contributed by atoms with Gasteiger partial charge < -0.3 is 21.3 Å². The van der Waals surface area contributed by atoms with E-state index >= 15 is 0 Å². The van der Waals surface area contributed by atoms with E-state index in [-0.39, 0.29) is 24.8 Å². The minimum atomic E-state index is -0.850. The first-order chi connectivity index (χ1) is 20.0. The molecule has 42 heavy (non-hydrogen) atoms. The molecule has 10 atom stereocenters. The second kappa shape index (κ2) is 16.6. The largest absolute Gasteiger partial charge is 0.676 e. The summed E-state index contributed by atoms with van der Waals surface area (Å²) in [6.07, 6.45) is 21.2. The number of halogens is 1. The number of nitrogens with one attached hydrogen (secondary N) is 2. The van der Waals surface area contributed by atoms with Gasteiger partial charge in [0.2, 0.25) is 0 Å². The van der Waals surface area contributed by atoms with Crippen LogP contribution in [0.25, 0.3) is 11.5 Å². The fraction of sp³-hybridized carbons (Fsp3) is 0.914. The van der Waals surface area contributed by atoms with Crippen LogP contribution in [0.4, 0.5) is 0 Å². The maximum Gasteiger partial charge on any atom is -0.0548 e. The predicted octanol–water partition coefficient (Wildman–Crippen LogP) is 10.6. The van der Waals surface area contributed by atoms with E-state index in [0.29, 0.717) is 10.8 Å². The minimum absolute atomic E-state index is 0.0799. The average molecular weight is 787 g/mol. The molecule has 0 aromatic carbocycles. The van der Waals surface area contributed by atoms with E-state index in [2.05, 4.69) is 50.1 Å². The summed E-state index contributed by atoms with van der Waals surface area (Å²) in [7, 11) is 4.61. The molecule has 0 saturated heterocycles. The Morgan fingerprint density at radius 3 is 2.26 bits per heavy atom. The molecule has 7 heteroatoms. The SMILES string of the molecule is CC(C)CCC[C@@H](C)[C@H]1CCC2C3CC=C4C[C@@H](OCC(=O)O)CC[C@]4(C)C3CC[C@@]21C.[Cl][Pt].[NH-][C@@H]1CCCC[C@H]1[NH-]. The third kappa shape index (κ3) is 8.65. The topological polar surface area (TPSA) is 94.1 Å². The Kier molecular flexibility index (Phi) is 14.4. The van der Waals surface area contributed by atoms with Crippen molar-refractivity contribution >= 4 is 15.4 Å². The molecule has 0 aromatic rings. The van der Waals surface area contributed by atoms with E-state index in [9.17, 15) is 4.79 Å². The molecule has 3 N–H and O–H groups in total. The summed E-state index contributed by atoms with van der Waals surface area (Å²) in [5.41, 5.74) is 17.0. The fourth-order valence-corrected chi connectivity index (χ4v) is 10.1. The quantitative estimate of drug-likeness (QED) is 0.248. The van der Waals surface area contributed by atoms with Crippen molar-refractivity contribution in [1.82, 2.24) is 0 Å². The number of aliphatic carboxylic acids is 1. The Bertz CT molecular complexity index is 876. The van der Waals surface area contributed by atoms with Crippen molar-refractivity contribution in [1.29, 1.82) is 0 Å². The molecule has 0 heterocycles. The molecule has 0 radical (unpaired) electrons. The first-order valence-electron chi connectivity index (χ1n) is 17.0. The van der Waals surface area contributed by atoms with Gasteiger partial charge in [-0.25, -0.2) is 4.79 Å². The number of ether oxygens (including phenoxy) is 1. The average Bonchev–Trinajstić information content (AvgIpc) is 3.32. The predicted molar refractivity (Wildman–Crippen MR) is 171 cm³/mol. The van der Waals surface area contributed by atoms with Gasteiger partial charge in [0, 0.05) is 0 Å². The van der Waals surface area contributed by atoms with E-state index in [4.69, 9.17) is 21.3 Å². The molecule has 0 amide bonds. The third-order valence-electron chi connectivity index (χ3n) is 12.5. The molecule has 0 spiro atoms. The molecule has 5 aliphatic carbocycles. The van der Waals surface area contributed by atoms with E-state index < -0.39 is 5.97 Å². The molecule has 0 aliphatic heterocycles. The van der Waals surface area contributed by atoms with Crippen LogP contribution in [0.5, 0.6) is 0 Å². The van der Waals surface area contributed by atoms with Crippen molar-refractivity contribution in [3.8, 4) is 0 Å². The zero-order chi connectivity index (χ0) is 31.1. The first kappa shape index (κ1) is 36.5. The monoisotopic (exact) mass is 786 g/mol. The molecule has 5 aliphatic rings. The summed E-state index contributed by atoms with van der Waals surface area (Å²) in [5.74, 6) is 4.33. The summed E-state index contributed by atoms with van der Waals surface area (Å²) >= 11 is 1.61. The Labute approximate surface area is 272 Å². The van der Waals surface area contributed by atoms with E-state index in [0.717, 1.165) is 61.2 Å². The minimum Gasteiger partial charge on any atom is -0.676 e. The van der Waals surface area contributed by atoms with Gasteiger partial charge in [-0.05, 0) is 97.7 Å². The summed E-state index contributed by atoms with van der Waals surface area (Å²) in [6, 6.07) is -0.160. The van der Waals surface area contributed by atoms with Crippen molar-refractivity contribution in [2.24, 2.45) is 46.3 Å². The third-order valence-corrected chi connectivity index (χ3v) is 12.5. The van der Waals surface area contributed by atoms with Crippen LogP contribution < -0.4 is 0 Å². The van der Waals surface area contributed by atoms with Crippen LogP contribution in [-0.2, 0) is 28.3 Å². The number of carbonyl (C=O) groups is 1. The van der Waals surface area contributed by atoms with Crippen LogP contribution >= 0.6 is 9.42 Å². The molecular formula is C35H60ClN2O3Pt-2. The molecule has 4 saturated carbocycles. The van der Waals surface area contributed by atoms with Crippen molar-refractivity contribution in [3.63, 3.8) is 0 Å². The first-order valence-corrected chi connectivity index (χ1v) is 19.8. The summed E-state index contributed by atoms with van der Waals surface area (Å²) in [6.45, 7) is 12.3. The van der Waals surface area contributed by atoms with Gasteiger partial charge in [-0.2, -0.15) is 12.1 Å². The standard InChI is InChI=1S/C29H48O3.C6H12N2.ClH.Pt/c1-19(2)7-6-8-20(3)24-11-12-25-23-10-9-21-17-22(32-18-27(30)31)13-15-28(21,4)26(23)14-16-29(24,25)5;7-5-3-1-2-4-6(5)8;;/h9,19-20,22-26H,6-8,10-18H2,1-5H3,(H,30,31);5-8H,1-4H2;1H;/q;-2;;+1/p-1/t20-,22+,23?,24-,25?,26?,28+,29-;5-,6-;;/m11../s1. The van der Waals surface area contributed by atoms with Crippen LogP contribution in [0.15, 0.2) is 11.6 Å². The number of carboxylic acids is 1. The fourth-order valence-electron chi connectivity index (χ4n) is 10.1. The molecule has 3 unspecified atom stereocenters. The zero-order valence-electron chi connectivity index (χ0n) is 27.0. The van der Waals surface area contributed by atoms with Gasteiger partial charge in [0.1, 0.15) is 6.61 Å².